The van der Waals surface area contributed by atoms with E-state index < -0.39 is 0 Å². The smallest absolute Gasteiger partial charge is 0.253 e. The summed E-state index contributed by atoms with van der Waals surface area (Å²) in [6.45, 7) is 5.14. The van der Waals surface area contributed by atoms with Gasteiger partial charge in [0.15, 0.2) is 0 Å². The van der Waals surface area contributed by atoms with Crippen LogP contribution in [0, 0.1) is 5.82 Å². The van der Waals surface area contributed by atoms with Crippen molar-refractivity contribution in [1.82, 2.24) is 9.80 Å². The lowest BCUT2D eigenvalue weighted by Crippen LogP contribution is -2.52. The van der Waals surface area contributed by atoms with E-state index in [2.05, 4.69) is 9.80 Å². The molecule has 5 rings (SSSR count). The molecule has 1 amide bonds. The average Bonchev–Trinajstić information content (AvgIpc) is 3.23. The number of rotatable bonds is 3. The minimum absolute atomic E-state index is 0.136. The van der Waals surface area contributed by atoms with Gasteiger partial charge < -0.3 is 9.80 Å². The maximum Gasteiger partial charge on any atom is 0.253 e. The summed E-state index contributed by atoms with van der Waals surface area (Å²) >= 11 is 0. The fourth-order valence-electron chi connectivity index (χ4n) is 5.28. The quantitative estimate of drug-likeness (QED) is 0.753. The van der Waals surface area contributed by atoms with Crippen LogP contribution in [0.15, 0.2) is 42.5 Å². The highest BCUT2D eigenvalue weighted by Gasteiger charge is 2.27. The Morgan fingerprint density at radius 1 is 0.833 bits per heavy atom. The van der Waals surface area contributed by atoms with Crippen molar-refractivity contribution in [3.05, 3.63) is 65.0 Å². The van der Waals surface area contributed by atoms with Crippen LogP contribution in [0.3, 0.4) is 0 Å². The second kappa shape index (κ2) is 8.38. The van der Waals surface area contributed by atoms with Crippen LogP contribution >= 0.6 is 0 Å². The van der Waals surface area contributed by atoms with Crippen LogP contribution in [0.4, 0.5) is 10.1 Å². The van der Waals surface area contributed by atoms with Crippen molar-refractivity contribution in [2.24, 2.45) is 0 Å². The number of piperazine rings is 1. The van der Waals surface area contributed by atoms with Gasteiger partial charge in [-0.1, -0.05) is 25.3 Å². The summed E-state index contributed by atoms with van der Waals surface area (Å²) in [4.78, 5) is 19.8. The van der Waals surface area contributed by atoms with Gasteiger partial charge in [0.1, 0.15) is 5.82 Å². The molecule has 30 heavy (non-hydrogen) atoms. The predicted octanol–water partition coefficient (Wildman–Crippen LogP) is 4.44. The number of carbonyl (C=O) groups is 1. The molecule has 2 aromatic rings. The van der Waals surface area contributed by atoms with Crippen LogP contribution < -0.4 is 4.90 Å². The third-order valence-electron chi connectivity index (χ3n) is 7.06. The fraction of sp³-hybridized carbons (Fsp3) is 0.480. The zero-order chi connectivity index (χ0) is 20.5. The Bertz CT molecular complexity index is 899. The highest BCUT2D eigenvalue weighted by atomic mass is 19.1. The van der Waals surface area contributed by atoms with Gasteiger partial charge >= 0.3 is 0 Å². The molecule has 0 spiro atoms. The Morgan fingerprint density at radius 3 is 2.27 bits per heavy atom. The van der Waals surface area contributed by atoms with Crippen LogP contribution in [-0.2, 0) is 13.1 Å². The monoisotopic (exact) mass is 407 g/mol. The van der Waals surface area contributed by atoms with Gasteiger partial charge in [0.2, 0.25) is 0 Å². The fourth-order valence-corrected chi connectivity index (χ4v) is 5.28. The summed E-state index contributed by atoms with van der Waals surface area (Å²) < 4.78 is 13.5. The third kappa shape index (κ3) is 3.95. The van der Waals surface area contributed by atoms with Crippen LogP contribution in [0.25, 0.3) is 0 Å². The summed E-state index contributed by atoms with van der Waals surface area (Å²) in [5.41, 5.74) is 4.05. The van der Waals surface area contributed by atoms with Gasteiger partial charge in [0.05, 0.1) is 0 Å². The minimum Gasteiger partial charge on any atom is -0.363 e. The molecule has 1 saturated heterocycles. The molecule has 2 fully saturated rings. The summed E-state index contributed by atoms with van der Waals surface area (Å²) in [5.74, 6) is -0.0447. The van der Waals surface area contributed by atoms with Gasteiger partial charge in [-0.3, -0.25) is 9.69 Å². The molecule has 2 aromatic carbocycles. The summed E-state index contributed by atoms with van der Waals surface area (Å²) in [6.07, 6.45) is 6.73. The number of hydrogen-bond donors (Lipinski definition) is 0. The van der Waals surface area contributed by atoms with E-state index in [1.807, 2.05) is 35.2 Å². The number of amides is 1. The van der Waals surface area contributed by atoms with Crippen molar-refractivity contribution in [2.45, 2.75) is 51.2 Å². The first-order valence-electron chi connectivity index (χ1n) is 11.3. The molecule has 0 radical (unpaired) electrons. The minimum atomic E-state index is -0.180. The molecular weight excluding hydrogens is 377 g/mol. The van der Waals surface area contributed by atoms with E-state index in [0.29, 0.717) is 6.54 Å². The van der Waals surface area contributed by atoms with Crippen molar-refractivity contribution >= 4 is 11.6 Å². The lowest BCUT2D eigenvalue weighted by Gasteiger charge is -2.40. The SMILES string of the molecule is O=C(c1ccc(N2Cc3ccc(F)cc3C2)cc1)N1CCN(C2CCCCC2)CC1. The Balaban J connectivity index is 1.18. The van der Waals surface area contributed by atoms with E-state index in [0.717, 1.165) is 55.6 Å². The Kier molecular flexibility index (Phi) is 5.47. The van der Waals surface area contributed by atoms with Crippen LogP contribution in [-0.4, -0.2) is 47.9 Å². The van der Waals surface area contributed by atoms with Crippen molar-refractivity contribution in [3.63, 3.8) is 0 Å². The maximum atomic E-state index is 13.5. The largest absolute Gasteiger partial charge is 0.363 e. The molecule has 3 aliphatic rings. The summed E-state index contributed by atoms with van der Waals surface area (Å²) in [6, 6.07) is 13.7. The summed E-state index contributed by atoms with van der Waals surface area (Å²) in [7, 11) is 0. The first-order chi connectivity index (χ1) is 14.7. The first-order valence-corrected chi connectivity index (χ1v) is 11.3. The van der Waals surface area contributed by atoms with E-state index in [4.69, 9.17) is 0 Å². The van der Waals surface area contributed by atoms with E-state index in [-0.39, 0.29) is 11.7 Å². The van der Waals surface area contributed by atoms with Crippen molar-refractivity contribution in [2.75, 3.05) is 31.1 Å². The highest BCUT2D eigenvalue weighted by molar-refractivity contribution is 5.94. The predicted molar refractivity (Wildman–Crippen MR) is 117 cm³/mol. The van der Waals surface area contributed by atoms with E-state index in [1.165, 1.54) is 43.7 Å². The molecule has 5 heteroatoms. The zero-order valence-corrected chi connectivity index (χ0v) is 17.5. The van der Waals surface area contributed by atoms with E-state index in [1.54, 1.807) is 6.07 Å². The van der Waals surface area contributed by atoms with Gasteiger partial charge in [0.25, 0.3) is 5.91 Å². The molecule has 4 nitrogen and oxygen atoms in total. The van der Waals surface area contributed by atoms with Gasteiger partial charge in [-0.2, -0.15) is 0 Å². The molecule has 0 atom stereocenters. The molecule has 0 bridgehead atoms. The van der Waals surface area contributed by atoms with Gasteiger partial charge in [-0.25, -0.2) is 4.39 Å². The number of carbonyl (C=O) groups excluding carboxylic acids is 1. The molecular formula is C25H30FN3O. The second-order valence-electron chi connectivity index (χ2n) is 8.94. The molecule has 0 unspecified atom stereocenters. The highest BCUT2D eigenvalue weighted by Crippen LogP contribution is 2.29. The molecule has 0 N–H and O–H groups in total. The van der Waals surface area contributed by atoms with Crippen molar-refractivity contribution in [3.8, 4) is 0 Å². The number of hydrogen-bond acceptors (Lipinski definition) is 3. The maximum absolute atomic E-state index is 13.5. The Morgan fingerprint density at radius 2 is 1.53 bits per heavy atom. The first kappa shape index (κ1) is 19.6. The molecule has 1 aliphatic carbocycles. The van der Waals surface area contributed by atoms with Crippen LogP contribution in [0.1, 0.15) is 53.6 Å². The Labute approximate surface area is 178 Å². The molecule has 0 aromatic heterocycles. The third-order valence-corrected chi connectivity index (χ3v) is 7.06. The van der Waals surface area contributed by atoms with Crippen LogP contribution in [0.5, 0.6) is 0 Å². The lowest BCUT2D eigenvalue weighted by atomic mass is 9.94. The van der Waals surface area contributed by atoms with Crippen molar-refractivity contribution < 1.29 is 9.18 Å². The van der Waals surface area contributed by atoms with Crippen molar-refractivity contribution in [1.29, 1.82) is 0 Å². The number of fused-ring (bicyclic) bond motifs is 1. The molecule has 158 valence electrons. The standard InChI is InChI=1S/C25H30FN3O/c26-22-9-6-20-17-29(18-21(20)16-22)24-10-7-19(8-11-24)25(30)28-14-12-27(13-15-28)23-4-2-1-3-5-23/h6-11,16,23H,1-5,12-15,17-18H2. The second-order valence-corrected chi connectivity index (χ2v) is 8.94. The number of nitrogens with zero attached hydrogens (tertiary/aromatic N) is 3. The zero-order valence-electron chi connectivity index (χ0n) is 17.5. The molecule has 2 aliphatic heterocycles. The number of halogens is 1. The molecule has 1 saturated carbocycles. The normalized spacial score (nSPS) is 20.4. The number of anilines is 1. The topological polar surface area (TPSA) is 26.8 Å². The Hall–Kier alpha value is -2.40. The van der Waals surface area contributed by atoms with Gasteiger partial charge in [0, 0.05) is 56.6 Å². The van der Waals surface area contributed by atoms with E-state index in [9.17, 15) is 9.18 Å². The van der Waals surface area contributed by atoms with E-state index >= 15 is 0 Å². The van der Waals surface area contributed by atoms with Gasteiger partial charge in [-0.15, -0.1) is 0 Å². The number of benzene rings is 2. The lowest BCUT2D eigenvalue weighted by molar-refractivity contribution is 0.0523. The van der Waals surface area contributed by atoms with Gasteiger partial charge in [-0.05, 0) is 60.4 Å². The van der Waals surface area contributed by atoms with Crippen LogP contribution in [0.2, 0.25) is 0 Å². The molecule has 2 heterocycles. The average molecular weight is 408 g/mol. The summed E-state index contributed by atoms with van der Waals surface area (Å²) in [5, 5.41) is 0.